The van der Waals surface area contributed by atoms with Gasteiger partial charge in [-0.25, -0.2) is 4.98 Å². The van der Waals surface area contributed by atoms with Crippen molar-refractivity contribution >= 4 is 11.6 Å². The molecule has 0 unspecified atom stereocenters. The van der Waals surface area contributed by atoms with Crippen LogP contribution in [0, 0.1) is 10.8 Å². The molecule has 0 radical (unpaired) electrons. The van der Waals surface area contributed by atoms with Crippen molar-refractivity contribution in [2.75, 3.05) is 0 Å². The zero-order valence-corrected chi connectivity index (χ0v) is 15.8. The van der Waals surface area contributed by atoms with Crippen LogP contribution in [0.3, 0.4) is 0 Å². The van der Waals surface area contributed by atoms with Crippen LogP contribution in [0.15, 0.2) is 53.6 Å². The summed E-state index contributed by atoms with van der Waals surface area (Å²) in [7, 11) is 0. The first-order valence-corrected chi connectivity index (χ1v) is 9.92. The van der Waals surface area contributed by atoms with Gasteiger partial charge in [-0.15, -0.1) is 0 Å². The molecule has 3 aliphatic carbocycles. The second kappa shape index (κ2) is 5.83. The number of nitrogens with one attached hydrogen (secondary N) is 2. The molecule has 1 aromatic rings. The number of rotatable bonds is 2. The summed E-state index contributed by atoms with van der Waals surface area (Å²) in [6.45, 7) is 2.95. The molecule has 2 N–H and O–H groups in total. The van der Waals surface area contributed by atoms with Gasteiger partial charge < -0.3 is 0 Å². The van der Waals surface area contributed by atoms with Gasteiger partial charge in [-0.3, -0.25) is 14.9 Å². The van der Waals surface area contributed by atoms with E-state index < -0.39 is 0 Å². The normalized spacial score (nSPS) is 16.4. The SMILES string of the molecule is CCn1[nH]c2c3c4c(n[nH]c=2nc1-c1ccccc1)CC1=C(C=CC1)C=4CC=3. The van der Waals surface area contributed by atoms with Crippen LogP contribution in [0.5, 0.6) is 0 Å². The maximum Gasteiger partial charge on any atom is 0.174 e. The lowest BCUT2D eigenvalue weighted by Crippen LogP contribution is -2.31. The maximum absolute atomic E-state index is 4.98. The fraction of sp³-hybridized carbons (Fsp3) is 0.217. The second-order valence-corrected chi connectivity index (χ2v) is 7.53. The lowest BCUT2D eigenvalue weighted by molar-refractivity contribution is 0.614. The Hall–Kier alpha value is -3.34. The summed E-state index contributed by atoms with van der Waals surface area (Å²) in [5.74, 6) is 0.913. The Balaban J connectivity index is 1.74. The van der Waals surface area contributed by atoms with E-state index in [9.17, 15) is 0 Å². The first-order valence-electron chi connectivity index (χ1n) is 9.92. The summed E-state index contributed by atoms with van der Waals surface area (Å²) in [5, 5.41) is 15.2. The van der Waals surface area contributed by atoms with E-state index in [1.807, 2.05) is 18.2 Å². The summed E-state index contributed by atoms with van der Waals surface area (Å²) in [6.07, 6.45) is 9.82. The average molecular weight is 367 g/mol. The van der Waals surface area contributed by atoms with E-state index in [0.29, 0.717) is 0 Å². The average Bonchev–Trinajstić information content (AvgIpc) is 3.35. The van der Waals surface area contributed by atoms with Gasteiger partial charge in [0.25, 0.3) is 0 Å². The summed E-state index contributed by atoms with van der Waals surface area (Å²) >= 11 is 0. The van der Waals surface area contributed by atoms with Crippen molar-refractivity contribution in [2.24, 2.45) is 0 Å². The highest BCUT2D eigenvalue weighted by atomic mass is 15.3. The molecule has 0 atom stereocenters. The van der Waals surface area contributed by atoms with E-state index >= 15 is 0 Å². The van der Waals surface area contributed by atoms with Crippen molar-refractivity contribution in [2.45, 2.75) is 32.7 Å². The van der Waals surface area contributed by atoms with Crippen molar-refractivity contribution in [1.29, 1.82) is 0 Å². The molecule has 5 heteroatoms. The molecule has 0 saturated carbocycles. The van der Waals surface area contributed by atoms with Gasteiger partial charge in [-0.05, 0) is 30.9 Å². The number of fused-ring (bicyclic) bond motifs is 2. The van der Waals surface area contributed by atoms with Crippen LogP contribution in [-0.2, 0) is 13.0 Å². The second-order valence-electron chi connectivity index (χ2n) is 7.53. The van der Waals surface area contributed by atoms with E-state index in [1.165, 1.54) is 27.2 Å². The Morgan fingerprint density at radius 2 is 2.04 bits per heavy atom. The summed E-state index contributed by atoms with van der Waals surface area (Å²) in [4.78, 5) is 4.98. The summed E-state index contributed by atoms with van der Waals surface area (Å²) in [6, 6.07) is 10.3. The predicted octanol–water partition coefficient (Wildman–Crippen LogP) is 2.62. The molecular weight excluding hydrogens is 346 g/mol. The van der Waals surface area contributed by atoms with Crippen LogP contribution in [0.25, 0.3) is 23.0 Å². The molecular formula is C23H21N5. The minimum Gasteiger partial charge on any atom is -0.293 e. The Morgan fingerprint density at radius 3 is 2.89 bits per heavy atom. The third kappa shape index (κ3) is 2.13. The van der Waals surface area contributed by atoms with Crippen molar-refractivity contribution in [3.8, 4) is 11.4 Å². The molecule has 2 aliphatic heterocycles. The number of nitrogens with zero attached hydrogens (tertiary/aromatic N) is 3. The van der Waals surface area contributed by atoms with Crippen LogP contribution in [0.1, 0.15) is 25.5 Å². The van der Waals surface area contributed by atoms with Gasteiger partial charge in [0.1, 0.15) is 5.35 Å². The Kier molecular flexibility index (Phi) is 3.27. The third-order valence-corrected chi connectivity index (χ3v) is 5.98. The first kappa shape index (κ1) is 15.7. The molecule has 0 saturated heterocycles. The van der Waals surface area contributed by atoms with E-state index in [4.69, 9.17) is 10.1 Å². The van der Waals surface area contributed by atoms with Crippen molar-refractivity contribution in [3.05, 3.63) is 80.6 Å². The van der Waals surface area contributed by atoms with Gasteiger partial charge in [-0.2, -0.15) is 5.10 Å². The lowest BCUT2D eigenvalue weighted by Gasteiger charge is -2.13. The summed E-state index contributed by atoms with van der Waals surface area (Å²) < 4.78 is 2.11. The minimum absolute atomic E-state index is 0.793. The molecule has 0 aromatic heterocycles. The lowest BCUT2D eigenvalue weighted by atomic mass is 9.91. The monoisotopic (exact) mass is 367 g/mol. The number of aryl methyl sites for hydroxylation is 1. The quantitative estimate of drug-likeness (QED) is 0.731. The van der Waals surface area contributed by atoms with Gasteiger partial charge in [0, 0.05) is 29.0 Å². The highest BCUT2D eigenvalue weighted by Gasteiger charge is 2.24. The van der Waals surface area contributed by atoms with Gasteiger partial charge in [0.05, 0.1) is 5.69 Å². The first-order chi connectivity index (χ1) is 13.8. The fourth-order valence-electron chi connectivity index (χ4n) is 4.67. The van der Waals surface area contributed by atoms with E-state index in [0.717, 1.165) is 53.7 Å². The Bertz CT molecular complexity index is 1410. The number of H-pyrrole nitrogens is 2. The molecule has 0 fully saturated rings. The van der Waals surface area contributed by atoms with Crippen molar-refractivity contribution in [3.63, 3.8) is 0 Å². The van der Waals surface area contributed by atoms with Crippen LogP contribution < -0.4 is 10.4 Å². The Labute approximate surface area is 161 Å². The molecule has 138 valence electrons. The molecule has 1 aromatic carbocycles. The van der Waals surface area contributed by atoms with E-state index in [-0.39, 0.29) is 0 Å². The number of allylic oxidation sites excluding steroid dienone is 4. The molecule has 2 heterocycles. The molecule has 0 spiro atoms. The van der Waals surface area contributed by atoms with Crippen molar-refractivity contribution < 1.29 is 0 Å². The smallest absolute Gasteiger partial charge is 0.174 e. The van der Waals surface area contributed by atoms with Gasteiger partial charge in [0.2, 0.25) is 0 Å². The number of hydrogen-bond donors (Lipinski definition) is 2. The van der Waals surface area contributed by atoms with Crippen LogP contribution in [0.4, 0.5) is 0 Å². The fourth-order valence-corrected chi connectivity index (χ4v) is 4.67. The number of aromatic nitrogens is 5. The molecule has 6 rings (SSSR count). The molecule has 5 aliphatic rings. The van der Waals surface area contributed by atoms with Gasteiger partial charge in [-0.1, -0.05) is 54.1 Å². The van der Waals surface area contributed by atoms with E-state index in [2.05, 4.69) is 52.2 Å². The maximum atomic E-state index is 4.98. The number of hydrogen-bond acceptors (Lipinski definition) is 2. The molecule has 5 nitrogen and oxygen atoms in total. The number of benzene rings is 1. The largest absolute Gasteiger partial charge is 0.293 e. The zero-order chi connectivity index (χ0) is 18.7. The van der Waals surface area contributed by atoms with Crippen molar-refractivity contribution in [1.82, 2.24) is 25.0 Å². The topological polar surface area (TPSA) is 62.3 Å². The minimum atomic E-state index is 0.793. The van der Waals surface area contributed by atoms with E-state index in [1.54, 1.807) is 0 Å². The van der Waals surface area contributed by atoms with Crippen LogP contribution in [-0.4, -0.2) is 25.0 Å². The van der Waals surface area contributed by atoms with Gasteiger partial charge in [0.15, 0.2) is 11.3 Å². The Morgan fingerprint density at radius 1 is 1.14 bits per heavy atom. The molecule has 28 heavy (non-hydrogen) atoms. The third-order valence-electron chi connectivity index (χ3n) is 5.98. The molecule has 0 bridgehead atoms. The van der Waals surface area contributed by atoms with Crippen LogP contribution in [0.2, 0.25) is 0 Å². The highest BCUT2D eigenvalue weighted by Crippen LogP contribution is 2.32. The predicted molar refractivity (Wildman–Crippen MR) is 109 cm³/mol. The molecule has 0 amide bonds. The standard InChI is InChI=1S/C23H21N5/c1-2-28-23(14-7-4-3-5-8-14)24-22-21(27-28)18-12-11-17-16-10-6-9-15(16)13-19(20(17)18)25-26-22/h3-8,10,12,26-27H,2,9,11,13H2,1H3. The van der Waals surface area contributed by atoms with Gasteiger partial charge >= 0.3 is 0 Å². The number of aromatic amines is 2. The van der Waals surface area contributed by atoms with Crippen LogP contribution >= 0.6 is 0 Å². The zero-order valence-electron chi connectivity index (χ0n) is 15.8. The summed E-state index contributed by atoms with van der Waals surface area (Å²) in [5.41, 5.74) is 7.36. The highest BCUT2D eigenvalue weighted by molar-refractivity contribution is 5.79.